The second-order valence-corrected chi connectivity index (χ2v) is 5.80. The number of halogens is 1. The average molecular weight is 346 g/mol. The standard InChI is InChI=1S/C15H16BrN5/c1-20(2)12-5-3-11(4-6-12)17-7-13-8-19-15-9-18-14(16)10-21(13)15/h3-6,8-10,17H,7H2,1-2H3. The molecule has 2 heterocycles. The third-order valence-corrected chi connectivity index (χ3v) is 3.71. The van der Waals surface area contributed by atoms with Crippen LogP contribution in [0.25, 0.3) is 5.65 Å². The summed E-state index contributed by atoms with van der Waals surface area (Å²) in [5.74, 6) is 0. The van der Waals surface area contributed by atoms with Crippen molar-refractivity contribution in [2.45, 2.75) is 6.54 Å². The van der Waals surface area contributed by atoms with Crippen LogP contribution in [0.2, 0.25) is 0 Å². The van der Waals surface area contributed by atoms with Crippen molar-refractivity contribution >= 4 is 33.0 Å². The Bertz CT molecular complexity index is 748. The van der Waals surface area contributed by atoms with Gasteiger partial charge < -0.3 is 10.2 Å². The monoisotopic (exact) mass is 345 g/mol. The molecule has 0 spiro atoms. The topological polar surface area (TPSA) is 45.5 Å². The number of anilines is 2. The van der Waals surface area contributed by atoms with Crippen LogP contribution in [-0.2, 0) is 6.54 Å². The SMILES string of the molecule is CN(C)c1ccc(NCc2cnc3cnc(Br)cn23)cc1. The third kappa shape index (κ3) is 3.00. The van der Waals surface area contributed by atoms with E-state index in [1.807, 2.05) is 30.9 Å². The van der Waals surface area contributed by atoms with E-state index >= 15 is 0 Å². The van der Waals surface area contributed by atoms with Crippen LogP contribution in [0, 0.1) is 0 Å². The summed E-state index contributed by atoms with van der Waals surface area (Å²) >= 11 is 3.38. The molecule has 1 N–H and O–H groups in total. The van der Waals surface area contributed by atoms with Gasteiger partial charge in [-0.2, -0.15) is 0 Å². The van der Waals surface area contributed by atoms with Gasteiger partial charge in [-0.3, -0.25) is 4.40 Å². The summed E-state index contributed by atoms with van der Waals surface area (Å²) in [5, 5.41) is 3.41. The molecule has 2 aromatic heterocycles. The minimum Gasteiger partial charge on any atom is -0.379 e. The van der Waals surface area contributed by atoms with Gasteiger partial charge in [-0.1, -0.05) is 0 Å². The highest BCUT2D eigenvalue weighted by molar-refractivity contribution is 9.10. The molecular formula is C15H16BrN5. The third-order valence-electron chi connectivity index (χ3n) is 3.30. The summed E-state index contributed by atoms with van der Waals surface area (Å²) in [6.07, 6.45) is 5.54. The molecular weight excluding hydrogens is 330 g/mol. The Morgan fingerprint density at radius 3 is 2.62 bits per heavy atom. The average Bonchev–Trinajstić information content (AvgIpc) is 2.88. The Labute approximate surface area is 131 Å². The highest BCUT2D eigenvalue weighted by Gasteiger charge is 2.04. The molecule has 3 aromatic rings. The summed E-state index contributed by atoms with van der Waals surface area (Å²) in [6.45, 7) is 0.707. The predicted molar refractivity (Wildman–Crippen MR) is 88.8 cm³/mol. The van der Waals surface area contributed by atoms with E-state index in [2.05, 4.69) is 60.4 Å². The van der Waals surface area contributed by atoms with Gasteiger partial charge in [-0.15, -0.1) is 0 Å². The van der Waals surface area contributed by atoms with Gasteiger partial charge in [0.15, 0.2) is 5.65 Å². The molecule has 21 heavy (non-hydrogen) atoms. The van der Waals surface area contributed by atoms with Crippen molar-refractivity contribution in [3.63, 3.8) is 0 Å². The highest BCUT2D eigenvalue weighted by Crippen LogP contribution is 2.17. The van der Waals surface area contributed by atoms with Crippen LogP contribution in [0.5, 0.6) is 0 Å². The molecule has 0 bridgehead atoms. The maximum Gasteiger partial charge on any atom is 0.155 e. The summed E-state index contributed by atoms with van der Waals surface area (Å²) in [7, 11) is 4.07. The summed E-state index contributed by atoms with van der Waals surface area (Å²) in [6, 6.07) is 8.35. The van der Waals surface area contributed by atoms with Crippen LogP contribution in [0.4, 0.5) is 11.4 Å². The number of benzene rings is 1. The number of imidazole rings is 1. The molecule has 0 saturated heterocycles. The first-order valence-corrected chi connectivity index (χ1v) is 7.41. The van der Waals surface area contributed by atoms with Crippen molar-refractivity contribution in [2.24, 2.45) is 0 Å². The normalized spacial score (nSPS) is 10.8. The molecule has 0 amide bonds. The van der Waals surface area contributed by atoms with E-state index < -0.39 is 0 Å². The van der Waals surface area contributed by atoms with Crippen molar-refractivity contribution in [1.29, 1.82) is 0 Å². The summed E-state index contributed by atoms with van der Waals surface area (Å²) in [4.78, 5) is 10.6. The number of aromatic nitrogens is 3. The molecule has 0 saturated carbocycles. The van der Waals surface area contributed by atoms with E-state index in [1.165, 1.54) is 5.69 Å². The largest absolute Gasteiger partial charge is 0.379 e. The lowest BCUT2D eigenvalue weighted by Crippen LogP contribution is -2.08. The molecule has 0 aliphatic rings. The van der Waals surface area contributed by atoms with E-state index in [-0.39, 0.29) is 0 Å². The fourth-order valence-electron chi connectivity index (χ4n) is 2.12. The number of nitrogens with zero attached hydrogens (tertiary/aromatic N) is 4. The fraction of sp³-hybridized carbons (Fsp3) is 0.200. The van der Waals surface area contributed by atoms with E-state index in [1.54, 1.807) is 6.20 Å². The van der Waals surface area contributed by atoms with Gasteiger partial charge in [0, 0.05) is 31.7 Å². The van der Waals surface area contributed by atoms with Crippen LogP contribution >= 0.6 is 15.9 Å². The second-order valence-electron chi connectivity index (χ2n) is 4.98. The Hall–Kier alpha value is -2.08. The van der Waals surface area contributed by atoms with Crippen LogP contribution < -0.4 is 10.2 Å². The number of hydrogen-bond acceptors (Lipinski definition) is 4. The smallest absolute Gasteiger partial charge is 0.155 e. The Morgan fingerprint density at radius 1 is 1.14 bits per heavy atom. The number of rotatable bonds is 4. The lowest BCUT2D eigenvalue weighted by molar-refractivity contribution is 0.983. The molecule has 5 nitrogen and oxygen atoms in total. The van der Waals surface area contributed by atoms with Crippen molar-refractivity contribution < 1.29 is 0 Å². The van der Waals surface area contributed by atoms with Crippen molar-refractivity contribution in [2.75, 3.05) is 24.3 Å². The maximum atomic E-state index is 4.34. The first-order chi connectivity index (χ1) is 10.1. The lowest BCUT2D eigenvalue weighted by Gasteiger charge is -2.13. The summed E-state index contributed by atoms with van der Waals surface area (Å²) in [5.41, 5.74) is 4.21. The zero-order valence-corrected chi connectivity index (χ0v) is 13.5. The molecule has 0 aliphatic carbocycles. The zero-order chi connectivity index (χ0) is 14.8. The molecule has 1 aromatic carbocycles. The molecule has 0 aliphatic heterocycles. The first-order valence-electron chi connectivity index (χ1n) is 6.62. The molecule has 0 unspecified atom stereocenters. The molecule has 6 heteroatoms. The van der Waals surface area contributed by atoms with Gasteiger partial charge in [0.25, 0.3) is 0 Å². The second kappa shape index (κ2) is 5.73. The van der Waals surface area contributed by atoms with Gasteiger partial charge in [-0.25, -0.2) is 9.97 Å². The minimum absolute atomic E-state index is 0.707. The predicted octanol–water partition coefficient (Wildman–Crippen LogP) is 3.17. The van der Waals surface area contributed by atoms with E-state index in [0.29, 0.717) is 6.54 Å². The molecule has 0 atom stereocenters. The van der Waals surface area contributed by atoms with Gasteiger partial charge >= 0.3 is 0 Å². The van der Waals surface area contributed by atoms with E-state index in [4.69, 9.17) is 0 Å². The van der Waals surface area contributed by atoms with Crippen LogP contribution in [-0.4, -0.2) is 28.5 Å². The Kier molecular flexibility index (Phi) is 3.79. The number of nitrogens with one attached hydrogen (secondary N) is 1. The van der Waals surface area contributed by atoms with E-state index in [0.717, 1.165) is 21.6 Å². The number of hydrogen-bond donors (Lipinski definition) is 1. The molecule has 0 radical (unpaired) electrons. The molecule has 3 rings (SSSR count). The first kappa shape index (κ1) is 13.9. The van der Waals surface area contributed by atoms with Gasteiger partial charge in [0.1, 0.15) is 4.60 Å². The van der Waals surface area contributed by atoms with Crippen molar-refractivity contribution in [1.82, 2.24) is 14.4 Å². The highest BCUT2D eigenvalue weighted by atomic mass is 79.9. The Morgan fingerprint density at radius 2 is 1.90 bits per heavy atom. The lowest BCUT2D eigenvalue weighted by atomic mass is 10.2. The Balaban J connectivity index is 1.75. The fourth-order valence-corrected chi connectivity index (χ4v) is 2.42. The number of fused-ring (bicyclic) bond motifs is 1. The summed E-state index contributed by atoms with van der Waals surface area (Å²) < 4.78 is 2.82. The molecule has 0 fully saturated rings. The quantitative estimate of drug-likeness (QED) is 0.788. The van der Waals surface area contributed by atoms with Crippen LogP contribution in [0.3, 0.4) is 0 Å². The zero-order valence-electron chi connectivity index (χ0n) is 11.9. The van der Waals surface area contributed by atoms with Crippen molar-refractivity contribution in [3.8, 4) is 0 Å². The van der Waals surface area contributed by atoms with Crippen LogP contribution in [0.15, 0.2) is 47.5 Å². The van der Waals surface area contributed by atoms with Crippen molar-refractivity contribution in [3.05, 3.63) is 53.2 Å². The van der Waals surface area contributed by atoms with Gasteiger partial charge in [0.2, 0.25) is 0 Å². The van der Waals surface area contributed by atoms with Gasteiger partial charge in [0.05, 0.1) is 24.6 Å². The van der Waals surface area contributed by atoms with E-state index in [9.17, 15) is 0 Å². The van der Waals surface area contributed by atoms with Gasteiger partial charge in [-0.05, 0) is 40.2 Å². The minimum atomic E-state index is 0.707. The van der Waals surface area contributed by atoms with Crippen LogP contribution in [0.1, 0.15) is 5.69 Å². The maximum absolute atomic E-state index is 4.34. The molecule has 108 valence electrons.